The monoisotopic (exact) mass is 331 g/mol. The minimum Gasteiger partial charge on any atom is -0.345 e. The van der Waals surface area contributed by atoms with Gasteiger partial charge in [-0.05, 0) is 48.9 Å². The van der Waals surface area contributed by atoms with E-state index < -0.39 is 0 Å². The molecular formula is C18H22ClN3O. The first-order chi connectivity index (χ1) is 10.9. The lowest BCUT2D eigenvalue weighted by molar-refractivity contribution is 0.0922. The first kappa shape index (κ1) is 16.1. The van der Waals surface area contributed by atoms with Gasteiger partial charge >= 0.3 is 0 Å². The summed E-state index contributed by atoms with van der Waals surface area (Å²) in [4.78, 5) is 12.6. The van der Waals surface area contributed by atoms with Crippen LogP contribution in [0.25, 0.3) is 0 Å². The Kier molecular flexibility index (Phi) is 4.19. The molecule has 1 aliphatic rings. The average Bonchev–Trinajstić information content (AvgIpc) is 3.11. The van der Waals surface area contributed by atoms with Crippen molar-refractivity contribution in [3.63, 3.8) is 0 Å². The molecule has 1 heterocycles. The molecule has 1 N–H and O–H groups in total. The highest BCUT2D eigenvalue weighted by molar-refractivity contribution is 6.30. The first-order valence-corrected chi connectivity index (χ1v) is 8.37. The normalized spacial score (nSPS) is 15.7. The molecule has 1 aromatic carbocycles. The number of nitrogens with one attached hydrogen (secondary N) is 1. The number of carbonyl (C=O) groups excluding carboxylic acids is 1. The number of benzene rings is 1. The van der Waals surface area contributed by atoms with E-state index >= 15 is 0 Å². The van der Waals surface area contributed by atoms with Gasteiger partial charge in [0.1, 0.15) is 5.69 Å². The highest BCUT2D eigenvalue weighted by Gasteiger charge is 2.44. The maximum absolute atomic E-state index is 12.6. The minimum absolute atomic E-state index is 0.0432. The Morgan fingerprint density at radius 1 is 1.35 bits per heavy atom. The minimum atomic E-state index is -0.118. The van der Waals surface area contributed by atoms with Crippen LogP contribution in [0.4, 0.5) is 0 Å². The summed E-state index contributed by atoms with van der Waals surface area (Å²) in [6.07, 6.45) is 2.86. The molecule has 1 saturated carbocycles. The van der Waals surface area contributed by atoms with Gasteiger partial charge in [0.15, 0.2) is 0 Å². The molecule has 1 aromatic heterocycles. The fraction of sp³-hybridized carbons (Fsp3) is 0.444. The summed E-state index contributed by atoms with van der Waals surface area (Å²) in [6.45, 7) is 4.15. The molecule has 5 heteroatoms. The van der Waals surface area contributed by atoms with E-state index in [0.29, 0.717) is 11.6 Å². The zero-order valence-corrected chi connectivity index (χ0v) is 14.5. The molecule has 4 nitrogen and oxygen atoms in total. The molecule has 0 atom stereocenters. The number of amides is 1. The van der Waals surface area contributed by atoms with Gasteiger partial charge in [-0.25, -0.2) is 0 Å². The van der Waals surface area contributed by atoms with Gasteiger partial charge in [0.05, 0.1) is 5.69 Å². The van der Waals surface area contributed by atoms with E-state index in [1.165, 1.54) is 5.56 Å². The van der Waals surface area contributed by atoms with Crippen molar-refractivity contribution in [2.24, 2.45) is 7.05 Å². The second-order valence-corrected chi connectivity index (χ2v) is 7.21. The van der Waals surface area contributed by atoms with Crippen LogP contribution in [-0.2, 0) is 13.5 Å². The molecule has 0 bridgehead atoms. The lowest BCUT2D eigenvalue weighted by atomic mass is 10.0. The third-order valence-electron chi connectivity index (χ3n) is 4.41. The lowest BCUT2D eigenvalue weighted by Crippen LogP contribution is -2.39. The first-order valence-electron chi connectivity index (χ1n) is 7.99. The smallest absolute Gasteiger partial charge is 0.269 e. The molecule has 3 rings (SSSR count). The van der Waals surface area contributed by atoms with E-state index in [-0.39, 0.29) is 11.4 Å². The Labute approximate surface area is 141 Å². The van der Waals surface area contributed by atoms with Crippen LogP contribution in [0.1, 0.15) is 54.4 Å². The van der Waals surface area contributed by atoms with Crippen molar-refractivity contribution in [1.29, 1.82) is 0 Å². The highest BCUT2D eigenvalue weighted by atomic mass is 35.5. The van der Waals surface area contributed by atoms with Crippen LogP contribution in [0, 0.1) is 0 Å². The van der Waals surface area contributed by atoms with Gasteiger partial charge in [0.25, 0.3) is 5.91 Å². The topological polar surface area (TPSA) is 46.9 Å². The molecule has 2 aromatic rings. The van der Waals surface area contributed by atoms with Crippen LogP contribution in [-0.4, -0.2) is 21.2 Å². The predicted molar refractivity (Wildman–Crippen MR) is 91.9 cm³/mol. The third kappa shape index (κ3) is 3.58. The predicted octanol–water partition coefficient (Wildman–Crippen LogP) is 3.70. The van der Waals surface area contributed by atoms with E-state index in [1.54, 1.807) is 4.68 Å². The molecule has 23 heavy (non-hydrogen) atoms. The summed E-state index contributed by atoms with van der Waals surface area (Å²) in [5, 5.41) is 8.36. The molecule has 1 amide bonds. The molecule has 0 radical (unpaired) electrons. The maximum Gasteiger partial charge on any atom is 0.269 e. The number of hydrogen-bond donors (Lipinski definition) is 1. The molecule has 0 aliphatic heterocycles. The molecule has 0 unspecified atom stereocenters. The van der Waals surface area contributed by atoms with Gasteiger partial charge in [-0.15, -0.1) is 0 Å². The van der Waals surface area contributed by atoms with Crippen LogP contribution in [0.2, 0.25) is 5.02 Å². The van der Waals surface area contributed by atoms with Crippen molar-refractivity contribution in [3.05, 3.63) is 52.3 Å². The lowest BCUT2D eigenvalue weighted by Gasteiger charge is -2.17. The van der Waals surface area contributed by atoms with E-state index in [0.717, 1.165) is 30.0 Å². The van der Waals surface area contributed by atoms with Crippen LogP contribution in [0.3, 0.4) is 0 Å². The fourth-order valence-corrected chi connectivity index (χ4v) is 2.90. The number of aromatic nitrogens is 2. The van der Waals surface area contributed by atoms with Crippen LogP contribution < -0.4 is 5.32 Å². The molecular weight excluding hydrogens is 310 g/mol. The van der Waals surface area contributed by atoms with Gasteiger partial charge in [0, 0.05) is 17.6 Å². The zero-order chi connectivity index (χ0) is 16.6. The van der Waals surface area contributed by atoms with Crippen molar-refractivity contribution >= 4 is 17.5 Å². The number of carbonyl (C=O) groups is 1. The number of hydrogen-bond acceptors (Lipinski definition) is 2. The Bertz CT molecular complexity index is 714. The summed E-state index contributed by atoms with van der Waals surface area (Å²) in [5.74, 6) is 0.269. The van der Waals surface area contributed by atoms with Crippen LogP contribution >= 0.6 is 11.6 Å². The van der Waals surface area contributed by atoms with Gasteiger partial charge in [-0.1, -0.05) is 37.6 Å². The second kappa shape index (κ2) is 6.00. The van der Waals surface area contributed by atoms with Crippen LogP contribution in [0.15, 0.2) is 30.3 Å². The van der Waals surface area contributed by atoms with Crippen molar-refractivity contribution in [1.82, 2.24) is 15.1 Å². The Morgan fingerprint density at radius 2 is 2.00 bits per heavy atom. The summed E-state index contributed by atoms with van der Waals surface area (Å²) in [7, 11) is 1.82. The summed E-state index contributed by atoms with van der Waals surface area (Å²) in [5.41, 5.74) is 2.64. The highest BCUT2D eigenvalue weighted by Crippen LogP contribution is 2.39. The zero-order valence-electron chi connectivity index (χ0n) is 13.8. The van der Waals surface area contributed by atoms with Crippen molar-refractivity contribution in [2.75, 3.05) is 0 Å². The molecule has 122 valence electrons. The standard InChI is InChI=1S/C18H22ClN3O/c1-12(2)15-10-16(22(3)21-15)17(23)20-18(8-9-18)11-13-4-6-14(19)7-5-13/h4-7,10,12H,8-9,11H2,1-3H3,(H,20,23). The van der Waals surface area contributed by atoms with E-state index in [1.807, 2.05) is 37.4 Å². The van der Waals surface area contributed by atoms with E-state index in [2.05, 4.69) is 24.3 Å². The largest absolute Gasteiger partial charge is 0.345 e. The van der Waals surface area contributed by atoms with E-state index in [9.17, 15) is 4.79 Å². The van der Waals surface area contributed by atoms with Crippen LogP contribution in [0.5, 0.6) is 0 Å². The fourth-order valence-electron chi connectivity index (χ4n) is 2.78. The number of rotatable bonds is 5. The van der Waals surface area contributed by atoms with Crippen molar-refractivity contribution in [3.8, 4) is 0 Å². The quantitative estimate of drug-likeness (QED) is 0.908. The van der Waals surface area contributed by atoms with E-state index in [4.69, 9.17) is 11.6 Å². The average molecular weight is 332 g/mol. The number of halogens is 1. The molecule has 0 spiro atoms. The summed E-state index contributed by atoms with van der Waals surface area (Å²) in [6, 6.07) is 9.72. The summed E-state index contributed by atoms with van der Waals surface area (Å²) < 4.78 is 1.67. The van der Waals surface area contributed by atoms with Gasteiger partial charge < -0.3 is 5.32 Å². The van der Waals surface area contributed by atoms with Gasteiger partial charge in [-0.2, -0.15) is 5.10 Å². The van der Waals surface area contributed by atoms with Crippen molar-refractivity contribution in [2.45, 2.75) is 44.6 Å². The number of aryl methyl sites for hydroxylation is 1. The third-order valence-corrected chi connectivity index (χ3v) is 4.66. The van der Waals surface area contributed by atoms with Crippen molar-refractivity contribution < 1.29 is 4.79 Å². The van der Waals surface area contributed by atoms with Gasteiger partial charge in [-0.3, -0.25) is 9.48 Å². The molecule has 0 saturated heterocycles. The Balaban J connectivity index is 1.71. The maximum atomic E-state index is 12.6. The van der Waals surface area contributed by atoms with Gasteiger partial charge in [0.2, 0.25) is 0 Å². The number of nitrogens with zero attached hydrogens (tertiary/aromatic N) is 2. The second-order valence-electron chi connectivity index (χ2n) is 6.77. The Morgan fingerprint density at radius 3 is 2.52 bits per heavy atom. The SMILES string of the molecule is CC(C)c1cc(C(=O)NC2(Cc3ccc(Cl)cc3)CC2)n(C)n1. The summed E-state index contributed by atoms with van der Waals surface area (Å²) >= 11 is 5.93. The molecule has 1 fully saturated rings. The molecule has 1 aliphatic carbocycles. The Hall–Kier alpha value is -1.81.